The average molecular weight is 551 g/mol. The van der Waals surface area contributed by atoms with E-state index in [0.29, 0.717) is 5.56 Å². The number of primary amides is 1. The summed E-state index contributed by atoms with van der Waals surface area (Å²) in [5.41, 5.74) is 5.89. The molecule has 0 saturated heterocycles. The van der Waals surface area contributed by atoms with Crippen LogP contribution in [0.4, 0.5) is 4.79 Å². The van der Waals surface area contributed by atoms with E-state index in [2.05, 4.69) is 10.6 Å². The molecule has 0 radical (unpaired) electrons. The van der Waals surface area contributed by atoms with Crippen LogP contribution in [0.2, 0.25) is 0 Å². The van der Waals surface area contributed by atoms with Gasteiger partial charge in [-0.1, -0.05) is 31.2 Å². The monoisotopic (exact) mass is 550 g/mol. The number of hydrogen-bond donors (Lipinski definition) is 4. The summed E-state index contributed by atoms with van der Waals surface area (Å²) in [6.45, 7) is 8.03. The molecule has 1 aromatic rings. The van der Waals surface area contributed by atoms with E-state index in [0.717, 1.165) is 16.9 Å². The molecule has 12 heteroatoms. The number of alkyl carbamates (subject to hydrolysis) is 1. The lowest BCUT2D eigenvalue weighted by atomic mass is 9.99. The molecule has 0 saturated carbocycles. The lowest BCUT2D eigenvalue weighted by molar-refractivity contribution is -0.144. The highest BCUT2D eigenvalue weighted by Crippen LogP contribution is 2.24. The van der Waals surface area contributed by atoms with Gasteiger partial charge in [0, 0.05) is 19.5 Å². The zero-order chi connectivity index (χ0) is 29.6. The summed E-state index contributed by atoms with van der Waals surface area (Å²) >= 11 is 0. The fourth-order valence-corrected chi connectivity index (χ4v) is 3.69. The van der Waals surface area contributed by atoms with E-state index in [4.69, 9.17) is 15.2 Å². The standard InChI is InChI=1S/C27H42N4O8/c1-6-18-8-10-19(11-9-18)23(24(35)29-15-14-22(34)38-7-2)31(16-17-32)25(36)20(12-13-21(28)33)30-26(37)39-27(3,4)5/h8-11,20,23,32H,6-7,12-17H2,1-5H3,(H2,28,33)(H,29,35)(H,30,37). The van der Waals surface area contributed by atoms with Gasteiger partial charge in [-0.05, 0) is 51.7 Å². The van der Waals surface area contributed by atoms with Crippen molar-refractivity contribution in [3.63, 3.8) is 0 Å². The van der Waals surface area contributed by atoms with Crippen molar-refractivity contribution in [2.45, 2.75) is 78.0 Å². The van der Waals surface area contributed by atoms with E-state index in [1.165, 1.54) is 0 Å². The Hall–Kier alpha value is -3.67. The van der Waals surface area contributed by atoms with Gasteiger partial charge in [-0.3, -0.25) is 19.2 Å². The summed E-state index contributed by atoms with van der Waals surface area (Å²) in [6.07, 6.45) is -0.583. The second-order valence-corrected chi connectivity index (χ2v) is 9.80. The highest BCUT2D eigenvalue weighted by Gasteiger charge is 2.36. The Labute approximate surface area is 229 Å². The minimum Gasteiger partial charge on any atom is -0.466 e. The van der Waals surface area contributed by atoms with E-state index in [1.807, 2.05) is 19.1 Å². The number of nitrogens with zero attached hydrogens (tertiary/aromatic N) is 1. The first-order chi connectivity index (χ1) is 18.3. The lowest BCUT2D eigenvalue weighted by Crippen LogP contribution is -2.54. The first-order valence-electron chi connectivity index (χ1n) is 13.0. The Kier molecular flexibility index (Phi) is 14.0. The molecule has 0 fully saturated rings. The molecule has 0 aliphatic heterocycles. The van der Waals surface area contributed by atoms with Gasteiger partial charge in [-0.2, -0.15) is 0 Å². The maximum atomic E-state index is 13.8. The molecule has 2 atom stereocenters. The topological polar surface area (TPSA) is 177 Å². The first-order valence-corrected chi connectivity index (χ1v) is 13.0. The normalized spacial score (nSPS) is 12.6. The van der Waals surface area contributed by atoms with Crippen molar-refractivity contribution >= 4 is 29.8 Å². The van der Waals surface area contributed by atoms with Gasteiger partial charge in [-0.25, -0.2) is 4.79 Å². The van der Waals surface area contributed by atoms with Crippen LogP contribution in [-0.4, -0.2) is 77.7 Å². The second-order valence-electron chi connectivity index (χ2n) is 9.80. The molecule has 12 nitrogen and oxygen atoms in total. The molecular formula is C27H42N4O8. The predicted molar refractivity (Wildman–Crippen MR) is 143 cm³/mol. The van der Waals surface area contributed by atoms with Crippen LogP contribution in [0.15, 0.2) is 24.3 Å². The Bertz CT molecular complexity index is 975. The van der Waals surface area contributed by atoms with Gasteiger partial charge in [0.25, 0.3) is 0 Å². The summed E-state index contributed by atoms with van der Waals surface area (Å²) in [4.78, 5) is 64.1. The third-order valence-corrected chi connectivity index (χ3v) is 5.49. The van der Waals surface area contributed by atoms with Gasteiger partial charge in [0.1, 0.15) is 17.7 Å². The SMILES string of the molecule is CCOC(=O)CCNC(=O)C(c1ccc(CC)cc1)N(CCO)C(=O)C(CCC(N)=O)NC(=O)OC(C)(C)C. The number of nitrogens with two attached hydrogens (primary N) is 1. The molecule has 5 N–H and O–H groups in total. The van der Waals surface area contributed by atoms with Crippen LogP contribution < -0.4 is 16.4 Å². The van der Waals surface area contributed by atoms with Crippen LogP contribution in [0, 0.1) is 0 Å². The van der Waals surface area contributed by atoms with Crippen LogP contribution >= 0.6 is 0 Å². The fourth-order valence-electron chi connectivity index (χ4n) is 3.69. The van der Waals surface area contributed by atoms with E-state index in [1.54, 1.807) is 39.8 Å². The average Bonchev–Trinajstić information content (AvgIpc) is 2.85. The van der Waals surface area contributed by atoms with Gasteiger partial charge in [0.05, 0.1) is 19.6 Å². The zero-order valence-corrected chi connectivity index (χ0v) is 23.5. The van der Waals surface area contributed by atoms with Gasteiger partial charge in [0.15, 0.2) is 0 Å². The molecule has 2 unspecified atom stereocenters. The number of carbonyl (C=O) groups is 5. The number of hydrogen-bond acceptors (Lipinski definition) is 8. The summed E-state index contributed by atoms with van der Waals surface area (Å²) < 4.78 is 10.2. The lowest BCUT2D eigenvalue weighted by Gasteiger charge is -2.34. The Balaban J connectivity index is 3.38. The van der Waals surface area contributed by atoms with Crippen molar-refractivity contribution < 1.29 is 38.6 Å². The van der Waals surface area contributed by atoms with Crippen molar-refractivity contribution in [2.24, 2.45) is 5.73 Å². The Morgan fingerprint density at radius 3 is 2.21 bits per heavy atom. The third-order valence-electron chi connectivity index (χ3n) is 5.49. The molecule has 0 aromatic heterocycles. The smallest absolute Gasteiger partial charge is 0.408 e. The second kappa shape index (κ2) is 16.3. The number of amides is 4. The Morgan fingerprint density at radius 2 is 1.69 bits per heavy atom. The molecule has 4 amide bonds. The van der Waals surface area contributed by atoms with Crippen molar-refractivity contribution in [3.05, 3.63) is 35.4 Å². The van der Waals surface area contributed by atoms with Crippen molar-refractivity contribution in [3.8, 4) is 0 Å². The first kappa shape index (κ1) is 33.4. The fraction of sp³-hybridized carbons (Fsp3) is 0.593. The number of aliphatic hydroxyl groups excluding tert-OH is 1. The van der Waals surface area contributed by atoms with E-state index in [-0.39, 0.29) is 39.0 Å². The number of carbonyl (C=O) groups excluding carboxylic acids is 5. The molecular weight excluding hydrogens is 508 g/mol. The van der Waals surface area contributed by atoms with Gasteiger partial charge >= 0.3 is 12.1 Å². The van der Waals surface area contributed by atoms with Crippen LogP contribution in [0.1, 0.15) is 71.0 Å². The summed E-state index contributed by atoms with van der Waals surface area (Å²) in [5, 5.41) is 14.9. The van der Waals surface area contributed by atoms with E-state index >= 15 is 0 Å². The molecule has 0 aliphatic carbocycles. The molecule has 1 rings (SSSR count). The number of benzene rings is 1. The number of rotatable bonds is 15. The minimum absolute atomic E-state index is 0.0381. The van der Waals surface area contributed by atoms with E-state index in [9.17, 15) is 29.1 Å². The molecule has 0 heterocycles. The molecule has 0 bridgehead atoms. The molecule has 1 aromatic carbocycles. The summed E-state index contributed by atoms with van der Waals surface area (Å²) in [5.74, 6) is -2.49. The molecule has 218 valence electrons. The maximum Gasteiger partial charge on any atom is 0.408 e. The summed E-state index contributed by atoms with van der Waals surface area (Å²) in [7, 11) is 0. The minimum atomic E-state index is -1.27. The predicted octanol–water partition coefficient (Wildman–Crippen LogP) is 1.34. The molecule has 0 spiro atoms. The van der Waals surface area contributed by atoms with Crippen LogP contribution in [0.3, 0.4) is 0 Å². The summed E-state index contributed by atoms with van der Waals surface area (Å²) in [6, 6.07) is 4.55. The van der Waals surface area contributed by atoms with Crippen LogP contribution in [0.5, 0.6) is 0 Å². The number of aliphatic hydroxyl groups is 1. The maximum absolute atomic E-state index is 13.8. The van der Waals surface area contributed by atoms with Crippen molar-refractivity contribution in [2.75, 3.05) is 26.3 Å². The van der Waals surface area contributed by atoms with Crippen LogP contribution in [-0.2, 0) is 35.1 Å². The van der Waals surface area contributed by atoms with Crippen LogP contribution in [0.25, 0.3) is 0 Å². The van der Waals surface area contributed by atoms with Gasteiger partial charge in [0.2, 0.25) is 17.7 Å². The molecule has 39 heavy (non-hydrogen) atoms. The number of esters is 1. The van der Waals surface area contributed by atoms with E-state index < -0.39 is 54.1 Å². The highest BCUT2D eigenvalue weighted by molar-refractivity contribution is 5.92. The largest absolute Gasteiger partial charge is 0.466 e. The van der Waals surface area contributed by atoms with Gasteiger partial charge in [-0.15, -0.1) is 0 Å². The Morgan fingerprint density at radius 1 is 1.05 bits per heavy atom. The third kappa shape index (κ3) is 12.2. The van der Waals surface area contributed by atoms with Crippen molar-refractivity contribution in [1.29, 1.82) is 0 Å². The number of ether oxygens (including phenoxy) is 2. The number of aryl methyl sites for hydroxylation is 1. The zero-order valence-electron chi connectivity index (χ0n) is 23.5. The van der Waals surface area contributed by atoms with Gasteiger partial charge < -0.3 is 35.8 Å². The number of nitrogens with one attached hydrogen (secondary N) is 2. The highest BCUT2D eigenvalue weighted by atomic mass is 16.6. The quantitative estimate of drug-likeness (QED) is 0.236. The van der Waals surface area contributed by atoms with Crippen molar-refractivity contribution in [1.82, 2.24) is 15.5 Å². The molecule has 0 aliphatic rings.